The van der Waals surface area contributed by atoms with Crippen molar-refractivity contribution in [3.63, 3.8) is 0 Å². The molecule has 0 atom stereocenters. The molecule has 0 spiro atoms. The van der Waals surface area contributed by atoms with Gasteiger partial charge in [-0.2, -0.15) is 0 Å². The van der Waals surface area contributed by atoms with E-state index in [0.717, 1.165) is 11.3 Å². The van der Waals surface area contributed by atoms with Gasteiger partial charge in [-0.05, 0) is 35.9 Å². The fourth-order valence-corrected chi connectivity index (χ4v) is 1.96. The lowest BCUT2D eigenvalue weighted by molar-refractivity contribution is 0.474. The maximum absolute atomic E-state index is 9.67. The smallest absolute Gasteiger partial charge is 0.124 e. The lowest BCUT2D eigenvalue weighted by Gasteiger charge is -2.12. The summed E-state index contributed by atoms with van der Waals surface area (Å²) in [5, 5.41) is 10.3. The van der Waals surface area contributed by atoms with Gasteiger partial charge in [-0.1, -0.05) is 23.7 Å². The van der Waals surface area contributed by atoms with Gasteiger partial charge in [0.25, 0.3) is 0 Å². The third-order valence-electron chi connectivity index (χ3n) is 2.95. The maximum Gasteiger partial charge on any atom is 0.124 e. The molecule has 0 saturated heterocycles. The van der Waals surface area contributed by atoms with Crippen molar-refractivity contribution in [2.75, 3.05) is 19.0 Å². The normalized spacial score (nSPS) is 10.9. The molecule has 0 fully saturated rings. The highest BCUT2D eigenvalue weighted by Gasteiger charge is 1.99. The van der Waals surface area contributed by atoms with Gasteiger partial charge in [0.1, 0.15) is 5.75 Å². The first-order valence-corrected chi connectivity index (χ1v) is 6.68. The Morgan fingerprint density at radius 1 is 1.15 bits per heavy atom. The number of aliphatic imine (C=N–C) groups is 1. The predicted octanol–water partition coefficient (Wildman–Crippen LogP) is 3.73. The van der Waals surface area contributed by atoms with E-state index in [1.807, 2.05) is 26.2 Å². The lowest BCUT2D eigenvalue weighted by Crippen LogP contribution is -2.08. The van der Waals surface area contributed by atoms with Crippen LogP contribution in [0.5, 0.6) is 5.75 Å². The number of hydrogen-bond acceptors (Lipinski definition) is 3. The van der Waals surface area contributed by atoms with Crippen LogP contribution in [0.1, 0.15) is 11.1 Å². The molecule has 0 heterocycles. The van der Waals surface area contributed by atoms with Crippen LogP contribution in [0.15, 0.2) is 47.5 Å². The molecular formula is C16H17ClN2O. The minimum Gasteiger partial charge on any atom is -0.507 e. The molecule has 0 aliphatic carbocycles. The minimum absolute atomic E-state index is 0.182. The third kappa shape index (κ3) is 3.75. The number of rotatable bonds is 4. The van der Waals surface area contributed by atoms with Crippen LogP contribution in [0.4, 0.5) is 5.69 Å². The summed E-state index contributed by atoms with van der Waals surface area (Å²) in [6, 6.07) is 13.1. The van der Waals surface area contributed by atoms with E-state index in [0.29, 0.717) is 17.1 Å². The highest BCUT2D eigenvalue weighted by atomic mass is 35.5. The van der Waals surface area contributed by atoms with Crippen molar-refractivity contribution < 1.29 is 5.11 Å². The molecule has 0 aromatic heterocycles. The summed E-state index contributed by atoms with van der Waals surface area (Å²) >= 11 is 5.88. The largest absolute Gasteiger partial charge is 0.507 e. The van der Waals surface area contributed by atoms with Crippen LogP contribution in [-0.4, -0.2) is 25.4 Å². The van der Waals surface area contributed by atoms with Gasteiger partial charge in [0.2, 0.25) is 0 Å². The number of benzene rings is 2. The van der Waals surface area contributed by atoms with E-state index in [-0.39, 0.29) is 5.75 Å². The number of halogens is 1. The van der Waals surface area contributed by atoms with Crippen LogP contribution < -0.4 is 4.90 Å². The van der Waals surface area contributed by atoms with E-state index < -0.39 is 0 Å². The zero-order valence-corrected chi connectivity index (χ0v) is 12.3. The highest BCUT2D eigenvalue weighted by Crippen LogP contribution is 2.20. The Kier molecular flexibility index (Phi) is 4.64. The highest BCUT2D eigenvalue weighted by molar-refractivity contribution is 6.30. The standard InChI is InChI=1S/C16H17ClN2O/c1-19(2)15-6-3-12(4-7-15)10-18-11-13-9-14(17)5-8-16(13)20/h3-9,11,20H,10H2,1-2H3. The fraction of sp³-hybridized carbons (Fsp3) is 0.188. The van der Waals surface area contributed by atoms with Gasteiger partial charge in [-0.3, -0.25) is 4.99 Å². The summed E-state index contributed by atoms with van der Waals surface area (Å²) in [6.45, 7) is 0.569. The van der Waals surface area contributed by atoms with Crippen molar-refractivity contribution in [3.05, 3.63) is 58.6 Å². The second kappa shape index (κ2) is 6.44. The quantitative estimate of drug-likeness (QED) is 0.870. The van der Waals surface area contributed by atoms with Crippen molar-refractivity contribution in [1.29, 1.82) is 0 Å². The molecule has 2 aromatic rings. The summed E-state index contributed by atoms with van der Waals surface area (Å²) in [4.78, 5) is 6.38. The van der Waals surface area contributed by atoms with E-state index in [1.165, 1.54) is 0 Å². The molecule has 0 amide bonds. The average Bonchev–Trinajstić information content (AvgIpc) is 2.43. The molecule has 2 aromatic carbocycles. The molecule has 20 heavy (non-hydrogen) atoms. The summed E-state index contributed by atoms with van der Waals surface area (Å²) in [5.41, 5.74) is 2.90. The van der Waals surface area contributed by atoms with Crippen molar-refractivity contribution in [2.24, 2.45) is 4.99 Å². The van der Waals surface area contributed by atoms with Gasteiger partial charge in [-0.25, -0.2) is 0 Å². The number of aromatic hydroxyl groups is 1. The predicted molar refractivity (Wildman–Crippen MR) is 85.2 cm³/mol. The Bertz CT molecular complexity index is 606. The SMILES string of the molecule is CN(C)c1ccc(CN=Cc2cc(Cl)ccc2O)cc1. The Morgan fingerprint density at radius 3 is 2.50 bits per heavy atom. The molecule has 0 aliphatic rings. The van der Waals surface area contributed by atoms with Crippen LogP contribution in [0.3, 0.4) is 0 Å². The van der Waals surface area contributed by atoms with Crippen LogP contribution in [0.25, 0.3) is 0 Å². The average molecular weight is 289 g/mol. The van der Waals surface area contributed by atoms with E-state index in [1.54, 1.807) is 24.4 Å². The van der Waals surface area contributed by atoms with Crippen LogP contribution in [0.2, 0.25) is 5.02 Å². The number of phenolic OH excluding ortho intramolecular Hbond substituents is 1. The third-order valence-corrected chi connectivity index (χ3v) is 3.18. The Morgan fingerprint density at radius 2 is 1.85 bits per heavy atom. The van der Waals surface area contributed by atoms with Crippen LogP contribution >= 0.6 is 11.6 Å². The van der Waals surface area contributed by atoms with E-state index >= 15 is 0 Å². The Hall–Kier alpha value is -2.00. The molecule has 104 valence electrons. The summed E-state index contributed by atoms with van der Waals surface area (Å²) in [5.74, 6) is 0.182. The van der Waals surface area contributed by atoms with E-state index in [4.69, 9.17) is 11.6 Å². The number of phenols is 1. The minimum atomic E-state index is 0.182. The maximum atomic E-state index is 9.67. The first kappa shape index (κ1) is 14.4. The molecule has 0 radical (unpaired) electrons. The van der Waals surface area contributed by atoms with Gasteiger partial charge < -0.3 is 10.0 Å². The van der Waals surface area contributed by atoms with Crippen molar-refractivity contribution in [2.45, 2.75) is 6.54 Å². The second-order valence-corrected chi connectivity index (χ2v) is 5.17. The molecule has 1 N–H and O–H groups in total. The molecule has 4 heteroatoms. The van der Waals surface area contributed by atoms with Crippen molar-refractivity contribution >= 4 is 23.5 Å². The summed E-state index contributed by atoms with van der Waals surface area (Å²) < 4.78 is 0. The molecule has 0 saturated carbocycles. The Labute approximate surface area is 124 Å². The topological polar surface area (TPSA) is 35.8 Å². The molecular weight excluding hydrogens is 272 g/mol. The number of hydrogen-bond donors (Lipinski definition) is 1. The fourth-order valence-electron chi connectivity index (χ4n) is 1.78. The van der Waals surface area contributed by atoms with Crippen molar-refractivity contribution in [3.8, 4) is 5.75 Å². The molecule has 0 unspecified atom stereocenters. The zero-order valence-electron chi connectivity index (χ0n) is 11.5. The molecule has 3 nitrogen and oxygen atoms in total. The van der Waals surface area contributed by atoms with Gasteiger partial charge >= 0.3 is 0 Å². The molecule has 0 bridgehead atoms. The second-order valence-electron chi connectivity index (χ2n) is 4.73. The van der Waals surface area contributed by atoms with E-state index in [9.17, 15) is 5.11 Å². The van der Waals surface area contributed by atoms with Crippen LogP contribution in [-0.2, 0) is 6.54 Å². The Balaban J connectivity index is 2.04. The molecule has 0 aliphatic heterocycles. The van der Waals surface area contributed by atoms with E-state index in [2.05, 4.69) is 22.0 Å². The van der Waals surface area contributed by atoms with Gasteiger partial charge in [0.05, 0.1) is 6.54 Å². The number of anilines is 1. The first-order chi connectivity index (χ1) is 9.56. The monoisotopic (exact) mass is 288 g/mol. The van der Waals surface area contributed by atoms with Crippen molar-refractivity contribution in [1.82, 2.24) is 0 Å². The van der Waals surface area contributed by atoms with Gasteiger partial charge in [0, 0.05) is 36.6 Å². The summed E-state index contributed by atoms with van der Waals surface area (Å²) in [7, 11) is 4.02. The van der Waals surface area contributed by atoms with Gasteiger partial charge in [0.15, 0.2) is 0 Å². The molecule has 2 rings (SSSR count). The van der Waals surface area contributed by atoms with Crippen LogP contribution in [0, 0.1) is 0 Å². The number of nitrogens with zero attached hydrogens (tertiary/aromatic N) is 2. The lowest BCUT2D eigenvalue weighted by atomic mass is 10.2. The zero-order chi connectivity index (χ0) is 14.5. The first-order valence-electron chi connectivity index (χ1n) is 6.31. The van der Waals surface area contributed by atoms with Gasteiger partial charge in [-0.15, -0.1) is 0 Å². The summed E-state index contributed by atoms with van der Waals surface area (Å²) in [6.07, 6.45) is 1.64.